The van der Waals surface area contributed by atoms with Crippen molar-refractivity contribution in [2.75, 3.05) is 11.9 Å². The summed E-state index contributed by atoms with van der Waals surface area (Å²) in [5.74, 6) is 0. The fourth-order valence-corrected chi connectivity index (χ4v) is 1.05. The highest BCUT2D eigenvalue weighted by Crippen LogP contribution is 2.15. The average molecular weight is 161 g/mol. The van der Waals surface area contributed by atoms with Crippen LogP contribution in [0.1, 0.15) is 13.8 Å². The smallest absolute Gasteiger partial charge is 0.0405 e. The molecule has 0 fully saturated rings. The molecule has 1 aromatic rings. The minimum absolute atomic E-state index is 1.23. The van der Waals surface area contributed by atoms with E-state index in [2.05, 4.69) is 56.1 Å². The number of nitrogens with zero attached hydrogens (tertiary/aromatic N) is 1. The van der Waals surface area contributed by atoms with Crippen LogP contribution in [0.15, 0.2) is 42.1 Å². The van der Waals surface area contributed by atoms with Gasteiger partial charge >= 0.3 is 0 Å². The molecule has 0 amide bonds. The summed E-state index contributed by atoms with van der Waals surface area (Å²) in [4.78, 5) is 2.17. The third-order valence-electron chi connectivity index (χ3n) is 2.09. The van der Waals surface area contributed by atoms with E-state index >= 15 is 0 Å². The average Bonchev–Trinajstić information content (AvgIpc) is 2.17. The molecule has 0 aliphatic heterocycles. The first-order chi connectivity index (χ1) is 5.75. The molecule has 0 saturated carbocycles. The Hall–Kier alpha value is -1.24. The Morgan fingerprint density at radius 3 is 2.33 bits per heavy atom. The van der Waals surface area contributed by atoms with Gasteiger partial charge in [0, 0.05) is 18.4 Å². The van der Waals surface area contributed by atoms with E-state index in [1.165, 1.54) is 11.4 Å². The van der Waals surface area contributed by atoms with Crippen LogP contribution in [-0.4, -0.2) is 7.05 Å². The zero-order valence-electron chi connectivity index (χ0n) is 7.91. The standard InChI is InChI=1S/C11H15N/c1-4-10(2)12(3)11-8-6-5-7-9-11/h4-9H,1-3H3. The Balaban J connectivity index is 2.86. The zero-order chi connectivity index (χ0) is 8.97. The van der Waals surface area contributed by atoms with Crippen molar-refractivity contribution in [1.82, 2.24) is 0 Å². The quantitative estimate of drug-likeness (QED) is 0.644. The monoisotopic (exact) mass is 161 g/mol. The number of hydrogen-bond donors (Lipinski definition) is 0. The van der Waals surface area contributed by atoms with Crippen molar-refractivity contribution >= 4 is 5.69 Å². The molecule has 1 heteroatoms. The van der Waals surface area contributed by atoms with Crippen molar-refractivity contribution in [2.45, 2.75) is 13.8 Å². The van der Waals surface area contributed by atoms with Crippen LogP contribution >= 0.6 is 0 Å². The highest BCUT2D eigenvalue weighted by molar-refractivity contribution is 5.50. The van der Waals surface area contributed by atoms with Crippen LogP contribution in [0.2, 0.25) is 0 Å². The lowest BCUT2D eigenvalue weighted by Crippen LogP contribution is -2.13. The molecule has 1 nitrogen and oxygen atoms in total. The summed E-state index contributed by atoms with van der Waals surface area (Å²) in [5.41, 5.74) is 2.49. The summed E-state index contributed by atoms with van der Waals surface area (Å²) in [6, 6.07) is 10.3. The highest BCUT2D eigenvalue weighted by atomic mass is 15.1. The van der Waals surface area contributed by atoms with Gasteiger partial charge in [-0.2, -0.15) is 0 Å². The molecule has 1 aromatic carbocycles. The topological polar surface area (TPSA) is 3.24 Å². The molecule has 0 aliphatic rings. The van der Waals surface area contributed by atoms with Gasteiger partial charge in [0.2, 0.25) is 0 Å². The van der Waals surface area contributed by atoms with Crippen LogP contribution in [0.25, 0.3) is 0 Å². The Labute approximate surface area is 74.3 Å². The van der Waals surface area contributed by atoms with Crippen LogP contribution in [-0.2, 0) is 0 Å². The van der Waals surface area contributed by atoms with E-state index in [4.69, 9.17) is 0 Å². The van der Waals surface area contributed by atoms with Gasteiger partial charge < -0.3 is 4.90 Å². The molecular weight excluding hydrogens is 146 g/mol. The second-order valence-electron chi connectivity index (χ2n) is 2.82. The lowest BCUT2D eigenvalue weighted by Gasteiger charge is -2.19. The van der Waals surface area contributed by atoms with Gasteiger partial charge in [0.1, 0.15) is 0 Å². The lowest BCUT2D eigenvalue weighted by atomic mass is 10.3. The molecule has 0 aliphatic carbocycles. The summed E-state index contributed by atoms with van der Waals surface area (Å²) >= 11 is 0. The van der Waals surface area contributed by atoms with Gasteiger partial charge in [0.25, 0.3) is 0 Å². The minimum Gasteiger partial charge on any atom is -0.349 e. The lowest BCUT2D eigenvalue weighted by molar-refractivity contribution is 1.08. The first-order valence-corrected chi connectivity index (χ1v) is 4.17. The minimum atomic E-state index is 1.23. The maximum atomic E-state index is 2.17. The molecule has 0 heterocycles. The molecule has 0 atom stereocenters. The number of anilines is 1. The van der Waals surface area contributed by atoms with Gasteiger partial charge in [-0.05, 0) is 26.0 Å². The molecule has 0 bridgehead atoms. The van der Waals surface area contributed by atoms with E-state index in [1.807, 2.05) is 6.07 Å². The summed E-state index contributed by atoms with van der Waals surface area (Å²) in [6.07, 6.45) is 2.10. The predicted octanol–water partition coefficient (Wildman–Crippen LogP) is 3.05. The van der Waals surface area contributed by atoms with Gasteiger partial charge in [-0.1, -0.05) is 24.3 Å². The van der Waals surface area contributed by atoms with Crippen molar-refractivity contribution in [3.05, 3.63) is 42.1 Å². The van der Waals surface area contributed by atoms with Crippen LogP contribution < -0.4 is 4.90 Å². The molecular formula is C11H15N. The van der Waals surface area contributed by atoms with Gasteiger partial charge in [-0.25, -0.2) is 0 Å². The van der Waals surface area contributed by atoms with Crippen molar-refractivity contribution in [3.63, 3.8) is 0 Å². The first-order valence-electron chi connectivity index (χ1n) is 4.17. The summed E-state index contributed by atoms with van der Waals surface area (Å²) < 4.78 is 0. The zero-order valence-corrected chi connectivity index (χ0v) is 7.91. The van der Waals surface area contributed by atoms with E-state index in [9.17, 15) is 0 Å². The Morgan fingerprint density at radius 1 is 1.25 bits per heavy atom. The van der Waals surface area contributed by atoms with Crippen molar-refractivity contribution in [1.29, 1.82) is 0 Å². The summed E-state index contributed by atoms with van der Waals surface area (Å²) in [6.45, 7) is 4.15. The predicted molar refractivity (Wildman–Crippen MR) is 54.3 cm³/mol. The maximum Gasteiger partial charge on any atom is 0.0405 e. The number of benzene rings is 1. The molecule has 0 aromatic heterocycles. The van der Waals surface area contributed by atoms with E-state index in [0.717, 1.165) is 0 Å². The third kappa shape index (κ3) is 1.88. The molecule has 64 valence electrons. The van der Waals surface area contributed by atoms with Crippen molar-refractivity contribution < 1.29 is 0 Å². The number of hydrogen-bond acceptors (Lipinski definition) is 1. The van der Waals surface area contributed by atoms with Gasteiger partial charge in [-0.3, -0.25) is 0 Å². The second kappa shape index (κ2) is 3.96. The van der Waals surface area contributed by atoms with Crippen LogP contribution in [0.5, 0.6) is 0 Å². The molecule has 12 heavy (non-hydrogen) atoms. The third-order valence-corrected chi connectivity index (χ3v) is 2.09. The fraction of sp³-hybridized carbons (Fsp3) is 0.273. The van der Waals surface area contributed by atoms with Crippen LogP contribution in [0, 0.1) is 0 Å². The summed E-state index contributed by atoms with van der Waals surface area (Å²) in [5, 5.41) is 0. The Morgan fingerprint density at radius 2 is 1.83 bits per heavy atom. The molecule has 0 spiro atoms. The summed E-state index contributed by atoms with van der Waals surface area (Å²) in [7, 11) is 2.07. The van der Waals surface area contributed by atoms with Crippen molar-refractivity contribution in [3.8, 4) is 0 Å². The van der Waals surface area contributed by atoms with Crippen LogP contribution in [0.3, 0.4) is 0 Å². The maximum absolute atomic E-state index is 2.17. The van der Waals surface area contributed by atoms with Gasteiger partial charge in [0.15, 0.2) is 0 Å². The largest absolute Gasteiger partial charge is 0.349 e. The fourth-order valence-electron chi connectivity index (χ4n) is 1.05. The van der Waals surface area contributed by atoms with E-state index in [-0.39, 0.29) is 0 Å². The normalized spacial score (nSPS) is 11.4. The molecule has 1 rings (SSSR count). The molecule has 0 N–H and O–H groups in total. The molecule has 0 unspecified atom stereocenters. The number of para-hydroxylation sites is 1. The Kier molecular flexibility index (Phi) is 2.92. The highest BCUT2D eigenvalue weighted by Gasteiger charge is 1.98. The van der Waals surface area contributed by atoms with Gasteiger partial charge in [-0.15, -0.1) is 0 Å². The molecule has 0 saturated heterocycles. The number of rotatable bonds is 2. The second-order valence-corrected chi connectivity index (χ2v) is 2.82. The first kappa shape index (κ1) is 8.85. The van der Waals surface area contributed by atoms with Gasteiger partial charge in [0.05, 0.1) is 0 Å². The molecule has 0 radical (unpaired) electrons. The van der Waals surface area contributed by atoms with E-state index < -0.39 is 0 Å². The van der Waals surface area contributed by atoms with Crippen molar-refractivity contribution in [2.24, 2.45) is 0 Å². The van der Waals surface area contributed by atoms with E-state index in [1.54, 1.807) is 0 Å². The number of allylic oxidation sites excluding steroid dienone is 2. The van der Waals surface area contributed by atoms with E-state index in [0.29, 0.717) is 0 Å². The Bertz CT molecular complexity index is 262. The SMILES string of the molecule is CC=C(C)N(C)c1ccccc1. The van der Waals surface area contributed by atoms with Crippen LogP contribution in [0.4, 0.5) is 5.69 Å².